The summed E-state index contributed by atoms with van der Waals surface area (Å²) in [5, 5.41) is 6.16. The van der Waals surface area contributed by atoms with Crippen LogP contribution in [0.5, 0.6) is 0 Å². The first-order chi connectivity index (χ1) is 24.8. The lowest BCUT2D eigenvalue weighted by Gasteiger charge is -2.40. The minimum absolute atomic E-state index is 0.523. The molecule has 2 aliphatic rings. The summed E-state index contributed by atoms with van der Waals surface area (Å²) in [6, 6.07) is 61.7. The summed E-state index contributed by atoms with van der Waals surface area (Å²) in [4.78, 5) is 13.3. The molecule has 0 radical (unpaired) electrons. The van der Waals surface area contributed by atoms with Crippen molar-refractivity contribution in [1.82, 2.24) is 9.97 Å². The molecule has 0 saturated heterocycles. The molecule has 0 fully saturated rings. The molecule has 0 saturated carbocycles. The van der Waals surface area contributed by atoms with Crippen LogP contribution in [0.2, 0.25) is 0 Å². The predicted octanol–water partition coefficient (Wildman–Crippen LogP) is 12.1. The van der Waals surface area contributed by atoms with Gasteiger partial charge in [-0.3, -0.25) is 0 Å². The molecular formula is C47H28N2S. The lowest BCUT2D eigenvalue weighted by Crippen LogP contribution is -2.32. The Morgan fingerprint density at radius 1 is 0.400 bits per heavy atom. The molecule has 1 aliphatic carbocycles. The minimum Gasteiger partial charge on any atom is -0.228 e. The lowest BCUT2D eigenvalue weighted by atomic mass is 9.66. The Balaban J connectivity index is 1.28. The molecule has 11 rings (SSSR count). The van der Waals surface area contributed by atoms with Gasteiger partial charge in [0.2, 0.25) is 0 Å². The quantitative estimate of drug-likeness (QED) is 0.186. The molecule has 0 amide bonds. The van der Waals surface area contributed by atoms with Crippen molar-refractivity contribution in [3.63, 3.8) is 0 Å². The molecule has 3 heteroatoms. The Morgan fingerprint density at radius 2 is 0.980 bits per heavy atom. The average molecular weight is 653 g/mol. The highest BCUT2D eigenvalue weighted by atomic mass is 32.2. The Hall–Kier alpha value is -6.03. The molecule has 2 nitrogen and oxygen atoms in total. The van der Waals surface area contributed by atoms with E-state index in [1.165, 1.54) is 64.7 Å². The second kappa shape index (κ2) is 10.5. The van der Waals surface area contributed by atoms with E-state index in [0.29, 0.717) is 0 Å². The van der Waals surface area contributed by atoms with E-state index in [1.807, 2.05) is 11.8 Å². The van der Waals surface area contributed by atoms with Crippen molar-refractivity contribution in [2.45, 2.75) is 15.2 Å². The van der Waals surface area contributed by atoms with Crippen LogP contribution in [-0.4, -0.2) is 9.97 Å². The number of fused-ring (bicyclic) bond motifs is 14. The first-order valence-corrected chi connectivity index (χ1v) is 17.9. The average Bonchev–Trinajstić information content (AvgIpc) is 3.48. The molecule has 1 spiro atoms. The summed E-state index contributed by atoms with van der Waals surface area (Å²) >= 11 is 1.93. The first-order valence-electron chi connectivity index (χ1n) is 17.1. The normalized spacial score (nSPS) is 13.7. The standard InChI is InChI=1S/C47H28N2S/c1-2-15-31(16-3-1)43-35-20-9-11-24-41(35)48-46(49-43)36-21-12-23-38-42(36)34-19-8-10-22-37(34)47(38)39-27-25-29-13-4-6-17-32(29)44(39)50-45-33-18-7-5-14-30(33)26-28-40(45)47/h1-28H. The highest BCUT2D eigenvalue weighted by Crippen LogP contribution is 2.64. The van der Waals surface area contributed by atoms with Crippen LogP contribution in [0.15, 0.2) is 180 Å². The molecule has 9 aromatic rings. The van der Waals surface area contributed by atoms with E-state index in [0.717, 1.165) is 33.5 Å². The van der Waals surface area contributed by atoms with Crippen LogP contribution in [0.1, 0.15) is 22.3 Å². The minimum atomic E-state index is -0.523. The van der Waals surface area contributed by atoms with Crippen LogP contribution in [0.25, 0.3) is 66.2 Å². The Labute approximate surface area is 294 Å². The fourth-order valence-corrected chi connectivity index (χ4v) is 10.1. The molecule has 8 aromatic carbocycles. The number of para-hydroxylation sites is 1. The van der Waals surface area contributed by atoms with Crippen molar-refractivity contribution < 1.29 is 0 Å². The summed E-state index contributed by atoms with van der Waals surface area (Å²) < 4.78 is 0. The third-order valence-corrected chi connectivity index (χ3v) is 12.0. The largest absolute Gasteiger partial charge is 0.228 e. The molecule has 1 aromatic heterocycles. The molecular weight excluding hydrogens is 625 g/mol. The number of aromatic nitrogens is 2. The van der Waals surface area contributed by atoms with Gasteiger partial charge in [0.25, 0.3) is 0 Å². The summed E-state index contributed by atoms with van der Waals surface area (Å²) in [6.07, 6.45) is 0. The van der Waals surface area contributed by atoms with Crippen LogP contribution in [0.4, 0.5) is 0 Å². The zero-order valence-corrected chi connectivity index (χ0v) is 27.8. The van der Waals surface area contributed by atoms with Crippen molar-refractivity contribution in [2.75, 3.05) is 0 Å². The number of rotatable bonds is 2. The van der Waals surface area contributed by atoms with Gasteiger partial charge >= 0.3 is 0 Å². The van der Waals surface area contributed by atoms with Gasteiger partial charge in [0, 0.05) is 26.3 Å². The predicted molar refractivity (Wildman–Crippen MR) is 207 cm³/mol. The highest BCUT2D eigenvalue weighted by molar-refractivity contribution is 8.00. The van der Waals surface area contributed by atoms with Crippen LogP contribution in [-0.2, 0) is 5.41 Å². The molecule has 0 atom stereocenters. The maximum atomic E-state index is 5.38. The number of benzene rings is 8. The second-order valence-electron chi connectivity index (χ2n) is 13.2. The van der Waals surface area contributed by atoms with Crippen molar-refractivity contribution >= 4 is 44.2 Å². The Morgan fingerprint density at radius 3 is 1.72 bits per heavy atom. The number of nitrogens with zero attached hydrogens (tertiary/aromatic N) is 2. The molecule has 50 heavy (non-hydrogen) atoms. The van der Waals surface area contributed by atoms with Gasteiger partial charge in [-0.25, -0.2) is 9.97 Å². The van der Waals surface area contributed by atoms with E-state index in [9.17, 15) is 0 Å². The van der Waals surface area contributed by atoms with Gasteiger partial charge in [0.1, 0.15) is 0 Å². The zero-order valence-electron chi connectivity index (χ0n) is 27.0. The van der Waals surface area contributed by atoms with Crippen LogP contribution in [0.3, 0.4) is 0 Å². The van der Waals surface area contributed by atoms with Crippen molar-refractivity contribution in [3.8, 4) is 33.8 Å². The van der Waals surface area contributed by atoms with Gasteiger partial charge in [-0.05, 0) is 61.0 Å². The third-order valence-electron chi connectivity index (χ3n) is 10.7. The Bertz CT molecular complexity index is 2770. The van der Waals surface area contributed by atoms with Crippen molar-refractivity contribution in [2.24, 2.45) is 0 Å². The van der Waals surface area contributed by atoms with Gasteiger partial charge < -0.3 is 0 Å². The van der Waals surface area contributed by atoms with E-state index >= 15 is 0 Å². The lowest BCUT2D eigenvalue weighted by molar-refractivity contribution is 0.729. The van der Waals surface area contributed by atoms with Crippen molar-refractivity contribution in [1.29, 1.82) is 0 Å². The van der Waals surface area contributed by atoms with E-state index < -0.39 is 5.41 Å². The van der Waals surface area contributed by atoms with Gasteiger partial charge in [0.05, 0.1) is 16.6 Å². The van der Waals surface area contributed by atoms with Crippen LogP contribution in [0, 0.1) is 0 Å². The number of hydrogen-bond acceptors (Lipinski definition) is 3. The van der Waals surface area contributed by atoms with E-state index in [-0.39, 0.29) is 0 Å². The first kappa shape index (κ1) is 27.9. The fourth-order valence-electron chi connectivity index (χ4n) is 8.65. The second-order valence-corrected chi connectivity index (χ2v) is 14.3. The topological polar surface area (TPSA) is 25.8 Å². The van der Waals surface area contributed by atoms with Gasteiger partial charge in [0.15, 0.2) is 5.82 Å². The molecule has 2 heterocycles. The van der Waals surface area contributed by atoms with Gasteiger partial charge in [-0.2, -0.15) is 0 Å². The van der Waals surface area contributed by atoms with Crippen LogP contribution >= 0.6 is 11.8 Å². The number of hydrogen-bond donors (Lipinski definition) is 0. The third kappa shape index (κ3) is 3.70. The van der Waals surface area contributed by atoms with Gasteiger partial charge in [-0.15, -0.1) is 0 Å². The Kier molecular flexibility index (Phi) is 5.84. The zero-order chi connectivity index (χ0) is 32.8. The molecule has 0 bridgehead atoms. The highest BCUT2D eigenvalue weighted by Gasteiger charge is 2.51. The monoisotopic (exact) mass is 652 g/mol. The summed E-state index contributed by atoms with van der Waals surface area (Å²) in [5.74, 6) is 0.744. The molecule has 0 unspecified atom stereocenters. The van der Waals surface area contributed by atoms with E-state index in [2.05, 4.69) is 170 Å². The molecule has 0 N–H and O–H groups in total. The fraction of sp³-hybridized carbons (Fsp3) is 0.0213. The maximum Gasteiger partial charge on any atom is 0.161 e. The summed E-state index contributed by atoms with van der Waals surface area (Å²) in [5.41, 5.74) is 11.2. The van der Waals surface area contributed by atoms with Gasteiger partial charge in [-0.1, -0.05) is 176 Å². The van der Waals surface area contributed by atoms with Crippen molar-refractivity contribution in [3.05, 3.63) is 192 Å². The van der Waals surface area contributed by atoms with E-state index in [4.69, 9.17) is 9.97 Å². The van der Waals surface area contributed by atoms with Crippen LogP contribution < -0.4 is 0 Å². The molecule has 1 aliphatic heterocycles. The molecule has 232 valence electrons. The summed E-state index contributed by atoms with van der Waals surface area (Å²) in [7, 11) is 0. The summed E-state index contributed by atoms with van der Waals surface area (Å²) in [6.45, 7) is 0. The van der Waals surface area contributed by atoms with E-state index in [1.54, 1.807) is 0 Å². The smallest absolute Gasteiger partial charge is 0.161 e. The SMILES string of the molecule is c1ccc(-c2nc(-c3cccc4c3-c3ccccc3C43c4ccc5ccccc5c4Sc4c3ccc3ccccc43)nc3ccccc23)cc1. The maximum absolute atomic E-state index is 5.38.